The zero-order valence-electron chi connectivity index (χ0n) is 18.4. The summed E-state index contributed by atoms with van der Waals surface area (Å²) in [6.45, 7) is 9.16. The van der Waals surface area contributed by atoms with E-state index < -0.39 is 0 Å². The molecule has 2 aliphatic rings. The summed E-state index contributed by atoms with van der Waals surface area (Å²) in [6.07, 6.45) is 0. The molecule has 10 heteroatoms. The molecule has 2 N–H and O–H groups in total. The highest BCUT2D eigenvalue weighted by Gasteiger charge is 2.18. The van der Waals surface area contributed by atoms with Crippen molar-refractivity contribution in [2.24, 2.45) is 0 Å². The van der Waals surface area contributed by atoms with E-state index in [0.29, 0.717) is 56.2 Å². The number of anilines is 3. The van der Waals surface area contributed by atoms with E-state index in [1.54, 1.807) is 6.07 Å². The van der Waals surface area contributed by atoms with Crippen LogP contribution in [0.1, 0.15) is 5.56 Å². The SMILES string of the molecule is Cc1cccc(NC(=O)Nc2cc(OCCN3CCOCC3)nc(N3CCOCC3)n2)c1. The largest absolute Gasteiger partial charge is 0.476 e. The standard InChI is InChI=1S/C22H30N6O4/c1-17-3-2-4-18(15-17)23-22(29)25-19-16-20(32-14-7-27-5-10-30-11-6-27)26-21(24-19)28-8-12-31-13-9-28/h2-4,15-16H,5-14H2,1H3,(H2,23,24,25,26,29). The van der Waals surface area contributed by atoms with Crippen LogP contribution in [0.3, 0.4) is 0 Å². The van der Waals surface area contributed by atoms with Crippen LogP contribution in [0.5, 0.6) is 5.88 Å². The van der Waals surface area contributed by atoms with Crippen molar-refractivity contribution in [3.63, 3.8) is 0 Å². The van der Waals surface area contributed by atoms with Crippen molar-refractivity contribution in [1.82, 2.24) is 14.9 Å². The minimum atomic E-state index is -0.374. The first-order valence-corrected chi connectivity index (χ1v) is 10.9. The number of aryl methyl sites for hydroxylation is 1. The van der Waals surface area contributed by atoms with Gasteiger partial charge in [-0.1, -0.05) is 12.1 Å². The van der Waals surface area contributed by atoms with Gasteiger partial charge in [0.2, 0.25) is 11.8 Å². The summed E-state index contributed by atoms with van der Waals surface area (Å²) < 4.78 is 16.7. The number of aromatic nitrogens is 2. The maximum absolute atomic E-state index is 12.5. The van der Waals surface area contributed by atoms with Crippen LogP contribution in [0.15, 0.2) is 30.3 Å². The number of amides is 2. The Morgan fingerprint density at radius 3 is 2.53 bits per heavy atom. The molecule has 3 heterocycles. The molecular formula is C22H30N6O4. The van der Waals surface area contributed by atoms with Crippen LogP contribution in [0, 0.1) is 6.92 Å². The highest BCUT2D eigenvalue weighted by molar-refractivity contribution is 5.99. The molecule has 10 nitrogen and oxygen atoms in total. The lowest BCUT2D eigenvalue weighted by atomic mass is 10.2. The van der Waals surface area contributed by atoms with Crippen molar-refractivity contribution in [3.8, 4) is 5.88 Å². The maximum atomic E-state index is 12.5. The summed E-state index contributed by atoms with van der Waals surface area (Å²) in [5.74, 6) is 1.33. The van der Waals surface area contributed by atoms with Gasteiger partial charge in [-0.3, -0.25) is 10.2 Å². The van der Waals surface area contributed by atoms with E-state index in [0.717, 1.165) is 38.4 Å². The number of carbonyl (C=O) groups is 1. The Balaban J connectivity index is 1.43. The number of morpholine rings is 2. The van der Waals surface area contributed by atoms with Crippen molar-refractivity contribution in [1.29, 1.82) is 0 Å². The number of rotatable bonds is 7. The maximum Gasteiger partial charge on any atom is 0.324 e. The van der Waals surface area contributed by atoms with E-state index in [1.807, 2.05) is 36.1 Å². The molecule has 1 aromatic carbocycles. The third-order valence-corrected chi connectivity index (χ3v) is 5.26. The van der Waals surface area contributed by atoms with Gasteiger partial charge < -0.3 is 24.4 Å². The molecule has 2 fully saturated rings. The summed E-state index contributed by atoms with van der Waals surface area (Å²) in [5, 5.41) is 5.64. The average Bonchev–Trinajstić information content (AvgIpc) is 2.80. The molecule has 0 unspecified atom stereocenters. The van der Waals surface area contributed by atoms with Crippen LogP contribution in [0.2, 0.25) is 0 Å². The van der Waals surface area contributed by atoms with E-state index in [4.69, 9.17) is 14.2 Å². The van der Waals surface area contributed by atoms with Gasteiger partial charge in [-0.25, -0.2) is 4.79 Å². The summed E-state index contributed by atoms with van der Waals surface area (Å²) in [6, 6.07) is 8.89. The second-order valence-electron chi connectivity index (χ2n) is 7.74. The Morgan fingerprint density at radius 2 is 1.78 bits per heavy atom. The van der Waals surface area contributed by atoms with Gasteiger partial charge in [0.15, 0.2) is 0 Å². The molecule has 0 bridgehead atoms. The van der Waals surface area contributed by atoms with Crippen LogP contribution in [0.25, 0.3) is 0 Å². The quantitative estimate of drug-likeness (QED) is 0.671. The topological polar surface area (TPSA) is 101 Å². The fraction of sp³-hybridized carbons (Fsp3) is 0.500. The van der Waals surface area contributed by atoms with E-state index in [1.165, 1.54) is 0 Å². The average molecular weight is 443 g/mol. The number of hydrogen-bond acceptors (Lipinski definition) is 8. The molecule has 0 atom stereocenters. The van der Waals surface area contributed by atoms with E-state index in [-0.39, 0.29) is 6.03 Å². The molecule has 0 spiro atoms. The smallest absolute Gasteiger partial charge is 0.324 e. The Kier molecular flexibility index (Phi) is 7.70. The number of ether oxygens (including phenoxy) is 3. The molecule has 2 amide bonds. The van der Waals surface area contributed by atoms with Gasteiger partial charge in [0, 0.05) is 44.5 Å². The molecule has 4 rings (SSSR count). The van der Waals surface area contributed by atoms with Gasteiger partial charge >= 0.3 is 6.03 Å². The first-order valence-electron chi connectivity index (χ1n) is 10.9. The van der Waals surface area contributed by atoms with Crippen molar-refractivity contribution in [2.75, 3.05) is 81.3 Å². The van der Waals surface area contributed by atoms with Crippen LogP contribution in [-0.2, 0) is 9.47 Å². The summed E-state index contributed by atoms with van der Waals surface area (Å²) in [4.78, 5) is 26.0. The molecule has 1 aromatic heterocycles. The van der Waals surface area contributed by atoms with E-state index in [2.05, 4.69) is 25.5 Å². The number of nitrogens with one attached hydrogen (secondary N) is 2. The van der Waals surface area contributed by atoms with E-state index >= 15 is 0 Å². The predicted molar refractivity (Wildman–Crippen MR) is 122 cm³/mol. The molecule has 2 saturated heterocycles. The highest BCUT2D eigenvalue weighted by Crippen LogP contribution is 2.20. The number of benzene rings is 1. The Morgan fingerprint density at radius 1 is 1.03 bits per heavy atom. The number of urea groups is 1. The van der Waals surface area contributed by atoms with Gasteiger partial charge in [0.25, 0.3) is 0 Å². The lowest BCUT2D eigenvalue weighted by Gasteiger charge is -2.28. The van der Waals surface area contributed by atoms with Gasteiger partial charge in [-0.2, -0.15) is 9.97 Å². The molecule has 0 aliphatic carbocycles. The zero-order chi connectivity index (χ0) is 22.2. The lowest BCUT2D eigenvalue weighted by Crippen LogP contribution is -2.39. The van der Waals surface area contributed by atoms with Gasteiger partial charge in [0.05, 0.1) is 26.4 Å². The zero-order valence-corrected chi connectivity index (χ0v) is 18.4. The first-order chi connectivity index (χ1) is 15.7. The van der Waals surface area contributed by atoms with Crippen LogP contribution in [0.4, 0.5) is 22.2 Å². The molecule has 172 valence electrons. The molecule has 32 heavy (non-hydrogen) atoms. The normalized spacial score (nSPS) is 17.1. The molecule has 2 aromatic rings. The first kappa shape index (κ1) is 22.3. The van der Waals surface area contributed by atoms with Crippen molar-refractivity contribution < 1.29 is 19.0 Å². The molecule has 0 saturated carbocycles. The van der Waals surface area contributed by atoms with Gasteiger partial charge in [-0.15, -0.1) is 0 Å². The van der Waals surface area contributed by atoms with Crippen LogP contribution in [-0.4, -0.2) is 86.7 Å². The van der Waals surface area contributed by atoms with Crippen molar-refractivity contribution in [2.45, 2.75) is 6.92 Å². The predicted octanol–water partition coefficient (Wildman–Crippen LogP) is 1.98. The second kappa shape index (κ2) is 11.1. The van der Waals surface area contributed by atoms with E-state index in [9.17, 15) is 4.79 Å². The fourth-order valence-corrected chi connectivity index (χ4v) is 3.56. The minimum absolute atomic E-state index is 0.374. The van der Waals surface area contributed by atoms with Crippen molar-refractivity contribution in [3.05, 3.63) is 35.9 Å². The fourth-order valence-electron chi connectivity index (χ4n) is 3.56. The van der Waals surface area contributed by atoms with Crippen molar-refractivity contribution >= 4 is 23.5 Å². The number of hydrogen-bond donors (Lipinski definition) is 2. The molecule has 2 aliphatic heterocycles. The van der Waals surface area contributed by atoms with Gasteiger partial charge in [-0.05, 0) is 24.6 Å². The summed E-state index contributed by atoms with van der Waals surface area (Å²) in [7, 11) is 0. The third kappa shape index (κ3) is 6.52. The molecular weight excluding hydrogens is 412 g/mol. The molecule has 0 radical (unpaired) electrons. The monoisotopic (exact) mass is 442 g/mol. The number of carbonyl (C=O) groups excluding carboxylic acids is 1. The third-order valence-electron chi connectivity index (χ3n) is 5.26. The Bertz CT molecular complexity index is 900. The Labute approximate surface area is 187 Å². The minimum Gasteiger partial charge on any atom is -0.476 e. The Hall–Kier alpha value is -2.95. The van der Waals surface area contributed by atoms with Gasteiger partial charge in [0.1, 0.15) is 12.4 Å². The van der Waals surface area contributed by atoms with Crippen LogP contribution < -0.4 is 20.3 Å². The summed E-state index contributed by atoms with van der Waals surface area (Å²) in [5.41, 5.74) is 1.78. The second-order valence-corrected chi connectivity index (χ2v) is 7.74. The number of nitrogens with zero attached hydrogens (tertiary/aromatic N) is 4. The highest BCUT2D eigenvalue weighted by atomic mass is 16.5. The van der Waals surface area contributed by atoms with Crippen LogP contribution >= 0.6 is 0 Å². The summed E-state index contributed by atoms with van der Waals surface area (Å²) >= 11 is 0. The lowest BCUT2D eigenvalue weighted by molar-refractivity contribution is 0.0320.